The number of aromatic amines is 1. The molecule has 1 atom stereocenters. The quantitative estimate of drug-likeness (QED) is 0.757. The van der Waals surface area contributed by atoms with E-state index in [1.165, 1.54) is 11.3 Å². The van der Waals surface area contributed by atoms with Crippen LogP contribution in [-0.4, -0.2) is 20.9 Å². The number of rotatable bonds is 5. The van der Waals surface area contributed by atoms with Crippen LogP contribution in [0.3, 0.4) is 0 Å². The van der Waals surface area contributed by atoms with E-state index >= 15 is 0 Å². The molecule has 0 aliphatic rings. The van der Waals surface area contributed by atoms with E-state index in [9.17, 15) is 4.79 Å². The molecule has 0 bridgehead atoms. The van der Waals surface area contributed by atoms with Gasteiger partial charge in [0.15, 0.2) is 0 Å². The summed E-state index contributed by atoms with van der Waals surface area (Å²) < 4.78 is 0. The minimum Gasteiger partial charge on any atom is -0.341 e. The molecule has 3 aromatic rings. The van der Waals surface area contributed by atoms with E-state index < -0.39 is 0 Å². The molecule has 0 fully saturated rings. The third-order valence-corrected chi connectivity index (χ3v) is 4.32. The van der Waals surface area contributed by atoms with Crippen molar-refractivity contribution in [1.29, 1.82) is 0 Å². The van der Waals surface area contributed by atoms with Gasteiger partial charge in [0.2, 0.25) is 0 Å². The lowest BCUT2D eigenvalue weighted by Gasteiger charge is -2.09. The van der Waals surface area contributed by atoms with E-state index in [0.717, 1.165) is 34.7 Å². The van der Waals surface area contributed by atoms with Crippen LogP contribution in [0.4, 0.5) is 0 Å². The molecule has 114 valence electrons. The lowest BCUT2D eigenvalue weighted by Crippen LogP contribution is -2.27. The number of hydrogen-bond donors (Lipinski definition) is 2. The monoisotopic (exact) mass is 314 g/mol. The van der Waals surface area contributed by atoms with Crippen molar-refractivity contribution in [3.05, 3.63) is 46.2 Å². The number of aryl methyl sites for hydroxylation is 1. The highest BCUT2D eigenvalue weighted by molar-refractivity contribution is 7.09. The van der Waals surface area contributed by atoms with E-state index in [1.54, 1.807) is 0 Å². The molecule has 22 heavy (non-hydrogen) atoms. The van der Waals surface area contributed by atoms with Gasteiger partial charge in [-0.1, -0.05) is 19.1 Å². The molecule has 0 saturated carbocycles. The largest absolute Gasteiger partial charge is 0.341 e. The zero-order chi connectivity index (χ0) is 15.5. The number of H-pyrrole nitrogens is 1. The number of para-hydroxylation sites is 2. The topological polar surface area (TPSA) is 70.7 Å². The zero-order valence-electron chi connectivity index (χ0n) is 12.6. The predicted molar refractivity (Wildman–Crippen MR) is 88.1 cm³/mol. The third kappa shape index (κ3) is 3.01. The number of hydrogen-bond acceptors (Lipinski definition) is 4. The van der Waals surface area contributed by atoms with Gasteiger partial charge in [0.1, 0.15) is 11.5 Å². The van der Waals surface area contributed by atoms with Gasteiger partial charge in [-0.2, -0.15) is 0 Å². The van der Waals surface area contributed by atoms with Gasteiger partial charge in [0.05, 0.1) is 22.1 Å². The van der Waals surface area contributed by atoms with Crippen molar-refractivity contribution in [3.8, 4) is 0 Å². The predicted octanol–water partition coefficient (Wildman–Crippen LogP) is 3.46. The lowest BCUT2D eigenvalue weighted by molar-refractivity contribution is 0.0934. The van der Waals surface area contributed by atoms with Crippen LogP contribution in [0.1, 0.15) is 47.6 Å². The minimum absolute atomic E-state index is 0.161. The summed E-state index contributed by atoms with van der Waals surface area (Å²) >= 11 is 1.53. The summed E-state index contributed by atoms with van der Waals surface area (Å²) in [5.41, 5.74) is 2.35. The number of thiazole rings is 1. The Hall–Kier alpha value is -2.21. The number of nitrogens with one attached hydrogen (secondary N) is 2. The Morgan fingerprint density at radius 3 is 2.95 bits per heavy atom. The smallest absolute Gasteiger partial charge is 0.271 e. The van der Waals surface area contributed by atoms with Crippen LogP contribution in [-0.2, 0) is 6.42 Å². The first-order valence-electron chi connectivity index (χ1n) is 7.37. The van der Waals surface area contributed by atoms with Crippen LogP contribution in [0.15, 0.2) is 29.6 Å². The lowest BCUT2D eigenvalue weighted by atomic mass is 10.3. The normalized spacial score (nSPS) is 12.5. The summed E-state index contributed by atoms with van der Waals surface area (Å²) in [5.74, 6) is 0.588. The number of amides is 1. The highest BCUT2D eigenvalue weighted by Gasteiger charge is 2.16. The summed E-state index contributed by atoms with van der Waals surface area (Å²) in [6.45, 7) is 4.01. The molecular formula is C16H18N4OS. The van der Waals surface area contributed by atoms with Crippen molar-refractivity contribution in [1.82, 2.24) is 20.3 Å². The number of aromatic nitrogens is 3. The second kappa shape index (κ2) is 6.27. The molecule has 1 amide bonds. The second-order valence-corrected chi connectivity index (χ2v) is 6.15. The number of carbonyl (C=O) groups excluding carboxylic acids is 1. The Morgan fingerprint density at radius 1 is 1.36 bits per heavy atom. The average Bonchev–Trinajstić information content (AvgIpc) is 3.13. The second-order valence-electron chi connectivity index (χ2n) is 5.21. The Morgan fingerprint density at radius 2 is 2.18 bits per heavy atom. The van der Waals surface area contributed by atoms with Crippen LogP contribution in [0.2, 0.25) is 0 Å². The van der Waals surface area contributed by atoms with Crippen molar-refractivity contribution >= 4 is 28.3 Å². The highest BCUT2D eigenvalue weighted by Crippen LogP contribution is 2.17. The van der Waals surface area contributed by atoms with Crippen LogP contribution in [0.25, 0.3) is 11.0 Å². The van der Waals surface area contributed by atoms with Crippen molar-refractivity contribution in [2.45, 2.75) is 32.7 Å². The molecule has 0 unspecified atom stereocenters. The summed E-state index contributed by atoms with van der Waals surface area (Å²) in [5, 5.41) is 5.76. The Labute approximate surface area is 132 Å². The fourth-order valence-electron chi connectivity index (χ4n) is 2.26. The first kappa shape index (κ1) is 14.7. The average molecular weight is 314 g/mol. The number of carbonyl (C=O) groups is 1. The maximum atomic E-state index is 12.3. The molecule has 6 heteroatoms. The van der Waals surface area contributed by atoms with E-state index in [0.29, 0.717) is 5.69 Å². The fraction of sp³-hybridized carbons (Fsp3) is 0.312. The molecule has 0 aliphatic carbocycles. The number of imidazole rings is 1. The van der Waals surface area contributed by atoms with Gasteiger partial charge >= 0.3 is 0 Å². The van der Waals surface area contributed by atoms with Crippen LogP contribution in [0, 0.1) is 0 Å². The van der Waals surface area contributed by atoms with Gasteiger partial charge in [-0.25, -0.2) is 9.97 Å². The summed E-state index contributed by atoms with van der Waals surface area (Å²) in [6.07, 6.45) is 1.95. The van der Waals surface area contributed by atoms with E-state index in [-0.39, 0.29) is 11.9 Å². The van der Waals surface area contributed by atoms with E-state index in [2.05, 4.69) is 27.2 Å². The Balaban J connectivity index is 1.72. The molecule has 2 N–H and O–H groups in total. The summed E-state index contributed by atoms with van der Waals surface area (Å²) in [7, 11) is 0. The van der Waals surface area contributed by atoms with Crippen LogP contribution < -0.4 is 5.32 Å². The summed E-state index contributed by atoms with van der Waals surface area (Å²) in [4.78, 5) is 24.4. The molecule has 0 radical (unpaired) electrons. The number of fused-ring (bicyclic) bond motifs is 1. The number of benzene rings is 1. The Kier molecular flexibility index (Phi) is 4.20. The van der Waals surface area contributed by atoms with E-state index in [1.807, 2.05) is 36.6 Å². The van der Waals surface area contributed by atoms with Crippen LogP contribution >= 0.6 is 11.3 Å². The van der Waals surface area contributed by atoms with Crippen molar-refractivity contribution in [2.24, 2.45) is 0 Å². The van der Waals surface area contributed by atoms with Crippen molar-refractivity contribution < 1.29 is 4.79 Å². The van der Waals surface area contributed by atoms with Crippen LogP contribution in [0.5, 0.6) is 0 Å². The number of nitrogens with zero attached hydrogens (tertiary/aromatic N) is 2. The molecule has 5 nitrogen and oxygen atoms in total. The standard InChI is InChI=1S/C16H18N4OS/c1-3-6-14-18-13(9-22-14)16(21)17-10(2)15-19-11-7-4-5-8-12(11)20-15/h4-5,7-10H,3,6H2,1-2H3,(H,17,21)(H,19,20)/t10-/m1/s1. The van der Waals surface area contributed by atoms with Gasteiger partial charge in [0, 0.05) is 5.38 Å². The molecule has 3 rings (SSSR count). The first-order chi connectivity index (χ1) is 10.7. The van der Waals surface area contributed by atoms with Gasteiger partial charge in [-0.3, -0.25) is 4.79 Å². The summed E-state index contributed by atoms with van der Waals surface area (Å²) in [6, 6.07) is 7.62. The minimum atomic E-state index is -0.198. The Bertz CT molecular complexity index is 759. The van der Waals surface area contributed by atoms with Gasteiger partial charge in [0.25, 0.3) is 5.91 Å². The fourth-order valence-corrected chi connectivity index (χ4v) is 3.14. The molecule has 2 heterocycles. The molecular weight excluding hydrogens is 296 g/mol. The third-order valence-electron chi connectivity index (χ3n) is 3.41. The van der Waals surface area contributed by atoms with Crippen molar-refractivity contribution in [2.75, 3.05) is 0 Å². The SMILES string of the molecule is CCCc1nc(C(=O)N[C@H](C)c2nc3ccccc3[nH]2)cs1. The highest BCUT2D eigenvalue weighted by atomic mass is 32.1. The molecule has 2 aromatic heterocycles. The molecule has 0 spiro atoms. The zero-order valence-corrected chi connectivity index (χ0v) is 13.4. The first-order valence-corrected chi connectivity index (χ1v) is 8.25. The maximum absolute atomic E-state index is 12.3. The maximum Gasteiger partial charge on any atom is 0.271 e. The van der Waals surface area contributed by atoms with Gasteiger partial charge < -0.3 is 10.3 Å². The molecule has 0 aliphatic heterocycles. The van der Waals surface area contributed by atoms with Gasteiger partial charge in [-0.05, 0) is 31.9 Å². The van der Waals surface area contributed by atoms with E-state index in [4.69, 9.17) is 0 Å². The molecule has 1 aromatic carbocycles. The van der Waals surface area contributed by atoms with Crippen molar-refractivity contribution in [3.63, 3.8) is 0 Å². The molecule has 0 saturated heterocycles. The van der Waals surface area contributed by atoms with Gasteiger partial charge in [-0.15, -0.1) is 11.3 Å².